The number of pyridine rings is 6. The zero-order valence-electron chi connectivity index (χ0n) is 105. The quantitative estimate of drug-likeness (QED) is 0.130. The van der Waals surface area contributed by atoms with Crippen molar-refractivity contribution in [3.05, 3.63) is 395 Å². The minimum absolute atomic E-state index is 0. The summed E-state index contributed by atoms with van der Waals surface area (Å²) in [5.74, 6) is 0. The minimum atomic E-state index is -2.61. The van der Waals surface area contributed by atoms with Crippen molar-refractivity contribution in [2.45, 2.75) is 150 Å². The van der Waals surface area contributed by atoms with Crippen molar-refractivity contribution in [3.8, 4) is 67.5 Å². The number of hydrogen-bond acceptors (Lipinski definition) is 9. The number of aromatic nitrogens is 6. The Hall–Kier alpha value is -12.3. The zero-order chi connectivity index (χ0) is 117. The van der Waals surface area contributed by atoms with Gasteiger partial charge in [0.2, 0.25) is 0 Å². The number of aryl methyl sites for hydroxylation is 10. The molecule has 0 fully saturated rings. The molecule has 9 heterocycles. The van der Waals surface area contributed by atoms with E-state index in [-0.39, 0.29) is 127 Å². The fraction of sp³-hybridized carbons (Fsp3) is 0.207. The summed E-state index contributed by atoms with van der Waals surface area (Å²) >= 11 is 0. The van der Waals surface area contributed by atoms with Crippen LogP contribution in [0.2, 0.25) is 0 Å². The Morgan fingerprint density at radius 3 is 0.895 bits per heavy atom. The van der Waals surface area contributed by atoms with Crippen molar-refractivity contribution in [2.75, 3.05) is 0 Å². The summed E-state index contributed by atoms with van der Waals surface area (Å²) in [7, 11) is 0. The molecule has 21 rings (SSSR count). The number of fused-ring (bicyclic) bond motifs is 15. The molecule has 0 atom stereocenters. The van der Waals surface area contributed by atoms with E-state index in [9.17, 15) is 0 Å². The van der Waals surface area contributed by atoms with Crippen LogP contribution in [0.3, 0.4) is 0 Å². The SMILES string of the molecule is Cc1c[c-]c(-c2ccc(C)cn2)cc1.[2H]C([2H])([2H])c1c[c-]c(-c2cc(C([2H])([2H])[2H])c(C([2H])([2H])[2H])cn2)cc1.[2H]C([2H])([2H])c1c[c-]c(-c2ccc(C([2H])([2H])[2H])cn2)cc1.[2H]C([2H])([2H])c1cnc(-c2[c-]ccc3c2oc2c4ccccc4ccc32)cc1C([2H])([2H])C(C)(C)C.[2H]C([2H])([2H])c1cnc(-c2[c-]ccc3c2oc2c4ccccc4ccc32)cc1C([2H])([2H])C(C)(C)C.[2H]C([2H])([2H])c1cnc(-c2[c-]ccc3c2oc2c4ccccc4ccc32)cc1C([2H])([2H])C(C)(C)C.[Ir].[Ir].[Ir]. The van der Waals surface area contributed by atoms with Gasteiger partial charge in [0.05, 0.1) is 16.7 Å². The van der Waals surface area contributed by atoms with Gasteiger partial charge in [0.25, 0.3) is 0 Å². The van der Waals surface area contributed by atoms with E-state index in [4.69, 9.17) is 54.4 Å². The van der Waals surface area contributed by atoms with E-state index in [0.29, 0.717) is 67.3 Å². The molecule has 0 N–H and O–H groups in total. The van der Waals surface area contributed by atoms with Crippen LogP contribution < -0.4 is 0 Å². The van der Waals surface area contributed by atoms with E-state index < -0.39 is 90.2 Å². The summed E-state index contributed by atoms with van der Waals surface area (Å²) in [6, 6.07) is 93.6. The monoisotopic (exact) mass is 2300 g/mol. The molecule has 21 aromatic rings. The first-order valence-corrected chi connectivity index (χ1v) is 42.1. The maximum absolute atomic E-state index is 8.80. The van der Waals surface area contributed by atoms with Crippen LogP contribution in [0.1, 0.15) is 176 Å². The molecule has 0 aliphatic heterocycles. The van der Waals surface area contributed by atoms with Crippen molar-refractivity contribution in [3.63, 3.8) is 0 Å². The summed E-state index contributed by atoms with van der Waals surface area (Å²) in [5, 5.41) is 11.8. The molecule has 0 spiro atoms. The van der Waals surface area contributed by atoms with Crippen LogP contribution in [-0.4, -0.2) is 29.9 Å². The number of furan rings is 3. The van der Waals surface area contributed by atoms with Crippen molar-refractivity contribution in [1.82, 2.24) is 29.9 Å². The van der Waals surface area contributed by atoms with Crippen LogP contribution in [0.15, 0.2) is 299 Å². The van der Waals surface area contributed by atoms with Crippen molar-refractivity contribution >= 4 is 98.1 Å². The molecule has 675 valence electrons. The second-order valence-electron chi connectivity index (χ2n) is 34.6. The predicted octanol–water partition coefficient (Wildman–Crippen LogP) is 32.3. The second-order valence-corrected chi connectivity index (χ2v) is 34.6. The van der Waals surface area contributed by atoms with Gasteiger partial charge in [0.15, 0.2) is 0 Å². The normalized spacial score (nSPS) is 15.8. The van der Waals surface area contributed by atoms with Crippen molar-refractivity contribution in [1.29, 1.82) is 0 Å². The molecule has 0 bridgehead atoms. The third-order valence-electron chi connectivity index (χ3n) is 21.0. The van der Waals surface area contributed by atoms with Gasteiger partial charge in [0.1, 0.15) is 16.7 Å². The number of hydrogen-bond donors (Lipinski definition) is 0. The number of benzene rings is 12. The van der Waals surface area contributed by atoms with Crippen LogP contribution >= 0.6 is 0 Å². The van der Waals surface area contributed by atoms with Gasteiger partial charge in [-0.15, -0.1) is 161 Å². The molecule has 9 nitrogen and oxygen atoms in total. The average molecular weight is 2300 g/mol. The maximum Gasteiger partial charge on any atom is 0.128 e. The molecule has 0 aliphatic rings. The molecule has 12 heteroatoms. The molecular weight excluding hydrogens is 2160 g/mol. The van der Waals surface area contributed by atoms with E-state index in [1.807, 2.05) is 141 Å². The standard InChI is InChI=1S/3C27H24NO.C14H14N.2C13H12N.3Ir/c3*1-17-16-28-24(14-19(17)15-27(2,3)4)23-11-7-10-21-22-13-12-18-8-5-6-9-20(18)25(22)29-26(21)23;1-10-4-6-13(7-5-10)14-8-11(2)12(3)9-15-14;2*1-10-3-6-12(7-4-10)13-8-5-11(2)9-14-13;;;/h3*5-10,12-14,16H,15H2,1-4H3;4-6,8-9H,1-3H3;2*3-6,8-9H,1-2H3;;;/q6*-1;;;/i3*1D3,15D2;1D3,2D3,3D3;1D3,2D3;;;;. The smallest absolute Gasteiger partial charge is 0.128 e. The van der Waals surface area contributed by atoms with Crippen LogP contribution in [0, 0.1) is 121 Å². The first-order valence-electron chi connectivity index (χ1n) is 57.1. The van der Waals surface area contributed by atoms with Gasteiger partial charge in [-0.1, -0.05) is 296 Å². The number of rotatable bonds is 9. The Labute approximate surface area is 866 Å². The Balaban J connectivity index is 0.000000164. The molecule has 9 aromatic heterocycles. The molecule has 0 unspecified atom stereocenters. The van der Waals surface area contributed by atoms with Gasteiger partial charge >= 0.3 is 0 Å². The summed E-state index contributed by atoms with van der Waals surface area (Å²) in [6.45, 7) is 0.626. The molecule has 133 heavy (non-hydrogen) atoms. The first-order chi connectivity index (χ1) is 74.4. The van der Waals surface area contributed by atoms with Gasteiger partial charge in [0, 0.05) is 171 Å². The second kappa shape index (κ2) is 42.3. The van der Waals surface area contributed by atoms with Crippen molar-refractivity contribution < 1.29 is 115 Å². The third-order valence-corrected chi connectivity index (χ3v) is 21.0. The Kier molecular flexibility index (Phi) is 20.8. The predicted molar refractivity (Wildman–Crippen MR) is 542 cm³/mol. The molecular formula is C121H110Ir3N6O3-6. The molecule has 12 aromatic carbocycles. The fourth-order valence-electron chi connectivity index (χ4n) is 14.9. The van der Waals surface area contributed by atoms with E-state index in [0.717, 1.165) is 98.8 Å². The summed E-state index contributed by atoms with van der Waals surface area (Å²) in [4.78, 5) is 25.7. The fourth-order valence-corrected chi connectivity index (χ4v) is 14.9. The zero-order valence-corrected chi connectivity index (χ0v) is 81.7. The van der Waals surface area contributed by atoms with Gasteiger partial charge in [-0.25, -0.2) is 0 Å². The van der Waals surface area contributed by atoms with Crippen LogP contribution in [0.25, 0.3) is 166 Å². The first kappa shape index (κ1) is 65.3. The van der Waals surface area contributed by atoms with Gasteiger partial charge < -0.3 is 43.2 Å². The van der Waals surface area contributed by atoms with Gasteiger partial charge in [-0.3, -0.25) is 0 Å². The van der Waals surface area contributed by atoms with Crippen LogP contribution in [-0.2, 0) is 79.4 Å². The Morgan fingerprint density at radius 1 is 0.263 bits per heavy atom. The Morgan fingerprint density at radius 2 is 0.571 bits per heavy atom. The molecule has 0 amide bonds. The van der Waals surface area contributed by atoms with Gasteiger partial charge in [-0.05, 0) is 167 Å². The summed E-state index contributed by atoms with van der Waals surface area (Å²) < 4.78 is 254. The Bertz CT molecular complexity index is 8330. The van der Waals surface area contributed by atoms with E-state index >= 15 is 0 Å². The van der Waals surface area contributed by atoms with Crippen LogP contribution in [0.5, 0.6) is 0 Å². The largest absolute Gasteiger partial charge is 0.500 e. The molecule has 0 aliphatic carbocycles. The summed E-state index contributed by atoms with van der Waals surface area (Å²) in [6.07, 6.45) is 2.28. The molecule has 0 saturated heterocycles. The molecule has 0 saturated carbocycles. The average Bonchev–Trinajstić information content (AvgIpc) is 1.71. The van der Waals surface area contributed by atoms with Gasteiger partial charge in [-0.2, -0.15) is 0 Å². The van der Waals surface area contributed by atoms with E-state index in [1.165, 1.54) is 78.4 Å². The van der Waals surface area contributed by atoms with Crippen LogP contribution in [0.4, 0.5) is 0 Å². The maximum atomic E-state index is 8.80. The molecule has 3 radical (unpaired) electrons. The van der Waals surface area contributed by atoms with Crippen molar-refractivity contribution in [2.24, 2.45) is 16.2 Å². The number of nitrogens with zero attached hydrogens (tertiary/aromatic N) is 6. The topological polar surface area (TPSA) is 117 Å². The third kappa shape index (κ3) is 23.3. The van der Waals surface area contributed by atoms with E-state index in [1.54, 1.807) is 111 Å². The van der Waals surface area contributed by atoms with E-state index in [2.05, 4.69) is 104 Å². The minimum Gasteiger partial charge on any atom is -0.500 e. The summed E-state index contributed by atoms with van der Waals surface area (Å²) in [5.41, 5.74) is 10.6.